The van der Waals surface area contributed by atoms with Crippen LogP contribution in [-0.2, 0) is 44.3 Å². The van der Waals surface area contributed by atoms with Gasteiger partial charge in [-0.3, -0.25) is 33.3 Å². The molecule has 0 unspecified atom stereocenters. The Morgan fingerprint density at radius 2 is 1.75 bits per heavy atom. The van der Waals surface area contributed by atoms with Crippen molar-refractivity contribution in [2.75, 3.05) is 13.2 Å². The molecular weight excluding hydrogens is 657 g/mol. The number of aromatic amines is 1. The Kier molecular flexibility index (Phi) is 15.4. The zero-order chi connectivity index (χ0) is 36.3. The summed E-state index contributed by atoms with van der Waals surface area (Å²) in [6.45, 7) is 5.22. The molecule has 2 rings (SSSR count). The number of H-pyrrole nitrogens is 1. The molecule has 2 heterocycles. The van der Waals surface area contributed by atoms with Crippen molar-refractivity contribution in [3.63, 3.8) is 0 Å². The van der Waals surface area contributed by atoms with Gasteiger partial charge in [0.25, 0.3) is 0 Å². The van der Waals surface area contributed by atoms with E-state index < -0.39 is 105 Å². The maximum Gasteiger partial charge on any atom is 0.469 e. The number of carbonyl (C=O) groups excluding carboxylic acids is 6. The first-order valence-electron chi connectivity index (χ1n) is 15.3. The summed E-state index contributed by atoms with van der Waals surface area (Å²) in [7, 11) is -5.05. The van der Waals surface area contributed by atoms with Crippen molar-refractivity contribution in [3.8, 4) is 0 Å². The van der Waals surface area contributed by atoms with Crippen LogP contribution in [0, 0.1) is 17.8 Å². The fourth-order valence-corrected chi connectivity index (χ4v) is 6.09. The lowest BCUT2D eigenvalue weighted by atomic mass is 9.89. The van der Waals surface area contributed by atoms with Crippen LogP contribution < -0.4 is 21.8 Å². The maximum atomic E-state index is 13.7. The molecule has 1 aromatic rings. The average Bonchev–Trinajstić information content (AvgIpc) is 3.66. The molecule has 0 bridgehead atoms. The fraction of sp³-hybridized carbons (Fsp3) is 0.679. The Bertz CT molecular complexity index is 1340. The number of primary amides is 1. The van der Waals surface area contributed by atoms with Crippen LogP contribution in [-0.4, -0.2) is 114 Å². The van der Waals surface area contributed by atoms with Gasteiger partial charge in [-0.2, -0.15) is 0 Å². The number of hydrogen-bond donors (Lipinski definition) is 9. The van der Waals surface area contributed by atoms with E-state index in [0.29, 0.717) is 5.69 Å². The third kappa shape index (κ3) is 12.5. The lowest BCUT2D eigenvalue weighted by Gasteiger charge is -2.27. The van der Waals surface area contributed by atoms with Crippen LogP contribution in [0.4, 0.5) is 0 Å². The molecule has 4 amide bonds. The molecule has 7 atom stereocenters. The van der Waals surface area contributed by atoms with E-state index in [1.165, 1.54) is 24.3 Å². The van der Waals surface area contributed by atoms with Gasteiger partial charge in [0.2, 0.25) is 23.6 Å². The van der Waals surface area contributed by atoms with E-state index in [2.05, 4.69) is 30.6 Å². The number of hydrogen-bond acceptors (Lipinski definition) is 12. The summed E-state index contributed by atoms with van der Waals surface area (Å²) in [6.07, 6.45) is 0.371. The maximum absolute atomic E-state index is 13.7. The van der Waals surface area contributed by atoms with Gasteiger partial charge in [-0.15, -0.1) is 0 Å². The van der Waals surface area contributed by atoms with Crippen molar-refractivity contribution in [1.29, 1.82) is 0 Å². The van der Waals surface area contributed by atoms with E-state index in [1.807, 2.05) is 13.8 Å². The minimum atomic E-state index is -5.05. The number of aliphatic hydroxyl groups excluding tert-OH is 1. The third-order valence-corrected chi connectivity index (χ3v) is 8.59. The summed E-state index contributed by atoms with van der Waals surface area (Å²) in [6, 6.07) is -4.14. The van der Waals surface area contributed by atoms with Crippen LogP contribution in [0.3, 0.4) is 0 Å². The second-order valence-corrected chi connectivity index (χ2v) is 13.5. The van der Waals surface area contributed by atoms with Crippen molar-refractivity contribution in [2.24, 2.45) is 23.5 Å². The second kappa shape index (κ2) is 18.3. The molecule has 1 aliphatic heterocycles. The quantitative estimate of drug-likeness (QED) is 0.0528. The van der Waals surface area contributed by atoms with Gasteiger partial charge in [-0.05, 0) is 25.7 Å². The highest BCUT2D eigenvalue weighted by Gasteiger charge is 2.40. The number of phosphoric ester groups is 1. The lowest BCUT2D eigenvalue weighted by Crippen LogP contribution is -2.52. The number of hydroxylamine groups is 1. The van der Waals surface area contributed by atoms with Gasteiger partial charge < -0.3 is 46.4 Å². The molecule has 1 fully saturated rings. The number of nitrogens with zero attached hydrogens (tertiary/aromatic N) is 2. The number of aliphatic hydroxyl groups is 1. The van der Waals surface area contributed by atoms with E-state index >= 15 is 0 Å². The number of amides is 4. The smallest absolute Gasteiger partial charge is 0.394 e. The number of aromatic nitrogens is 2. The molecule has 0 saturated carbocycles. The molecule has 0 radical (unpaired) electrons. The molecule has 19 nitrogen and oxygen atoms in total. The van der Waals surface area contributed by atoms with Crippen LogP contribution >= 0.6 is 7.82 Å². The molecule has 1 aromatic heterocycles. The first kappa shape index (κ1) is 40.6. The highest BCUT2D eigenvalue weighted by molar-refractivity contribution is 7.46. The number of imidazole rings is 1. The summed E-state index contributed by atoms with van der Waals surface area (Å²) in [5.41, 5.74) is 7.84. The first-order chi connectivity index (χ1) is 22.4. The number of nitrogens with one attached hydrogen (secondary N) is 4. The topological polar surface area (TPSA) is 304 Å². The summed E-state index contributed by atoms with van der Waals surface area (Å²) in [5.74, 6) is -7.09. The summed E-state index contributed by atoms with van der Waals surface area (Å²) < 4.78 is 15.7. The Hall–Kier alpha value is -3.58. The fourth-order valence-electron chi connectivity index (χ4n) is 5.51. The minimum Gasteiger partial charge on any atom is -0.394 e. The number of ketones is 2. The van der Waals surface area contributed by atoms with E-state index in [9.17, 15) is 43.6 Å². The standard InChI is InChI=1S/C28H46N7O12P/c1-14(2)5-21(32-28(42)23-8-19(34-43)11-35(23)16(4)37)24(38)7-17(6-18-10-30-13-31-18)27(41)33-22(12-36)25(39)9-20(26(29)40)15(3)47-48(44,45)46/h10,13-15,17,19-23,34,36,43H,5-9,11-12H2,1-4H3,(H2,29,40)(H,30,31)(H,32,42)(H,33,41)(H2,44,45,46)/t15-,17-,19-,20+,21+,22+,23+/m1/s1. The van der Waals surface area contributed by atoms with Crippen molar-refractivity contribution in [3.05, 3.63) is 18.2 Å². The summed E-state index contributed by atoms with van der Waals surface area (Å²) in [4.78, 5) is 104. The summed E-state index contributed by atoms with van der Waals surface area (Å²) >= 11 is 0. The Morgan fingerprint density at radius 3 is 2.25 bits per heavy atom. The van der Waals surface area contributed by atoms with Gasteiger partial charge in [0.1, 0.15) is 12.1 Å². The molecule has 48 heavy (non-hydrogen) atoms. The van der Waals surface area contributed by atoms with Crippen LogP contribution in [0.1, 0.15) is 59.1 Å². The number of rotatable bonds is 20. The Balaban J connectivity index is 2.25. The normalized spacial score (nSPS) is 19.6. The van der Waals surface area contributed by atoms with E-state index in [0.717, 1.165) is 6.92 Å². The SMILES string of the molecule is CC(=O)N1C[C@H](NO)C[C@H]1C(=O)N[C@@H](CC(C)C)C(=O)C[C@@H](Cc1cnc[nH]1)C(=O)N[C@@H](CO)C(=O)C[C@H](C(N)=O)[C@@H](C)OP(=O)(O)O. The largest absolute Gasteiger partial charge is 0.469 e. The zero-order valence-corrected chi connectivity index (χ0v) is 28.1. The molecule has 1 saturated heterocycles. The van der Waals surface area contributed by atoms with Crippen molar-refractivity contribution in [1.82, 2.24) is 31.0 Å². The first-order valence-corrected chi connectivity index (χ1v) is 16.8. The number of likely N-dealkylation sites (tertiary alicyclic amines) is 1. The monoisotopic (exact) mass is 703 g/mol. The second-order valence-electron chi connectivity index (χ2n) is 12.3. The molecule has 0 aromatic carbocycles. The van der Waals surface area contributed by atoms with Crippen LogP contribution in [0.15, 0.2) is 12.5 Å². The van der Waals surface area contributed by atoms with E-state index in [-0.39, 0.29) is 31.7 Å². The summed E-state index contributed by atoms with van der Waals surface area (Å²) in [5, 5.41) is 24.4. The van der Waals surface area contributed by atoms with Crippen molar-refractivity contribution in [2.45, 2.75) is 90.1 Å². The van der Waals surface area contributed by atoms with Crippen LogP contribution in [0.5, 0.6) is 0 Å². The van der Waals surface area contributed by atoms with Gasteiger partial charge in [-0.1, -0.05) is 13.8 Å². The van der Waals surface area contributed by atoms with Gasteiger partial charge in [0.05, 0.1) is 43.0 Å². The molecule has 10 N–H and O–H groups in total. The number of Topliss-reactive ketones (excluding diaryl/α,β-unsaturated/α-hetero) is 2. The molecule has 0 aliphatic carbocycles. The molecule has 270 valence electrons. The van der Waals surface area contributed by atoms with E-state index in [1.54, 1.807) is 0 Å². The predicted octanol–water partition coefficient (Wildman–Crippen LogP) is -1.94. The Labute approximate surface area is 276 Å². The van der Waals surface area contributed by atoms with Gasteiger partial charge in [0, 0.05) is 44.6 Å². The minimum absolute atomic E-state index is 0.0616. The number of phosphoric acid groups is 1. The van der Waals surface area contributed by atoms with Gasteiger partial charge in [-0.25, -0.2) is 15.0 Å². The third-order valence-electron chi connectivity index (χ3n) is 7.99. The van der Waals surface area contributed by atoms with E-state index in [4.69, 9.17) is 15.5 Å². The van der Waals surface area contributed by atoms with Crippen LogP contribution in [0.25, 0.3) is 0 Å². The lowest BCUT2D eigenvalue weighted by molar-refractivity contribution is -0.138. The predicted molar refractivity (Wildman–Crippen MR) is 165 cm³/mol. The number of carbonyl (C=O) groups is 6. The van der Waals surface area contributed by atoms with Crippen LogP contribution in [0.2, 0.25) is 0 Å². The number of nitrogens with two attached hydrogens (primary N) is 1. The highest BCUT2D eigenvalue weighted by atomic mass is 31.2. The zero-order valence-electron chi connectivity index (χ0n) is 27.2. The molecule has 0 spiro atoms. The Morgan fingerprint density at radius 1 is 1.10 bits per heavy atom. The molecule has 20 heteroatoms. The van der Waals surface area contributed by atoms with Crippen molar-refractivity contribution < 1.29 is 58.0 Å². The van der Waals surface area contributed by atoms with Crippen molar-refractivity contribution >= 4 is 43.0 Å². The molecular formula is C28H46N7O12P. The van der Waals surface area contributed by atoms with Gasteiger partial charge in [0.15, 0.2) is 11.6 Å². The highest BCUT2D eigenvalue weighted by Crippen LogP contribution is 2.39. The molecule has 1 aliphatic rings. The average molecular weight is 704 g/mol. The van der Waals surface area contributed by atoms with Gasteiger partial charge >= 0.3 is 7.82 Å².